The van der Waals surface area contributed by atoms with Crippen LogP contribution in [0.4, 0.5) is 4.79 Å². The Labute approximate surface area is 133 Å². The van der Waals surface area contributed by atoms with Gasteiger partial charge in [0.15, 0.2) is 0 Å². The topological polar surface area (TPSA) is 69.6 Å². The van der Waals surface area contributed by atoms with E-state index in [-0.39, 0.29) is 5.91 Å². The molecule has 0 aromatic heterocycles. The SMILES string of the molecule is C=CCCCCCCCCN1CCCC[C@H](NC(=O)O)C1=O. The van der Waals surface area contributed by atoms with Gasteiger partial charge in [0.1, 0.15) is 6.04 Å². The van der Waals surface area contributed by atoms with Crippen LogP contribution in [0.15, 0.2) is 12.7 Å². The number of unbranched alkanes of at least 4 members (excludes halogenated alkanes) is 6. The van der Waals surface area contributed by atoms with Crippen LogP contribution in [0.3, 0.4) is 0 Å². The Morgan fingerprint density at radius 3 is 2.59 bits per heavy atom. The van der Waals surface area contributed by atoms with Crippen molar-refractivity contribution >= 4 is 12.0 Å². The van der Waals surface area contributed by atoms with Gasteiger partial charge in [-0.2, -0.15) is 0 Å². The maximum absolute atomic E-state index is 12.3. The summed E-state index contributed by atoms with van der Waals surface area (Å²) in [5, 5.41) is 11.2. The molecule has 1 atom stereocenters. The first-order valence-corrected chi connectivity index (χ1v) is 8.54. The molecule has 2 amide bonds. The minimum atomic E-state index is -1.11. The Kier molecular flexibility index (Phi) is 9.35. The van der Waals surface area contributed by atoms with E-state index in [1.54, 1.807) is 0 Å². The number of carbonyl (C=O) groups excluding carboxylic acids is 1. The summed E-state index contributed by atoms with van der Waals surface area (Å²) < 4.78 is 0. The van der Waals surface area contributed by atoms with Crippen molar-refractivity contribution in [2.45, 2.75) is 70.3 Å². The highest BCUT2D eigenvalue weighted by Gasteiger charge is 2.27. The van der Waals surface area contributed by atoms with Crippen molar-refractivity contribution in [3.05, 3.63) is 12.7 Å². The van der Waals surface area contributed by atoms with Crippen LogP contribution in [0.2, 0.25) is 0 Å². The molecule has 0 unspecified atom stereocenters. The average Bonchev–Trinajstić information content (AvgIpc) is 2.65. The highest BCUT2D eigenvalue weighted by atomic mass is 16.4. The number of amides is 2. The molecule has 5 heteroatoms. The minimum absolute atomic E-state index is 0.0501. The van der Waals surface area contributed by atoms with Crippen LogP contribution in [0.5, 0.6) is 0 Å². The number of carbonyl (C=O) groups is 2. The Bertz CT molecular complexity index is 358. The van der Waals surface area contributed by atoms with Crippen LogP contribution in [-0.4, -0.2) is 41.1 Å². The summed E-state index contributed by atoms with van der Waals surface area (Å²) in [6.45, 7) is 5.23. The fourth-order valence-corrected chi connectivity index (χ4v) is 2.91. The molecule has 1 saturated heterocycles. The Balaban J connectivity index is 2.21. The second-order valence-corrected chi connectivity index (χ2v) is 6.02. The Hall–Kier alpha value is -1.52. The molecule has 0 radical (unpaired) electrons. The largest absolute Gasteiger partial charge is 0.465 e. The molecule has 0 aromatic carbocycles. The molecular formula is C17H30N2O3. The minimum Gasteiger partial charge on any atom is -0.465 e. The predicted molar refractivity (Wildman–Crippen MR) is 87.9 cm³/mol. The van der Waals surface area contributed by atoms with E-state index < -0.39 is 12.1 Å². The second kappa shape index (κ2) is 11.1. The van der Waals surface area contributed by atoms with Crippen molar-refractivity contribution in [3.63, 3.8) is 0 Å². The first-order chi connectivity index (χ1) is 10.6. The number of nitrogens with zero attached hydrogens (tertiary/aromatic N) is 1. The second-order valence-electron chi connectivity index (χ2n) is 6.02. The molecule has 1 aliphatic heterocycles. The molecule has 0 bridgehead atoms. The quantitative estimate of drug-likeness (QED) is 0.479. The molecule has 1 heterocycles. The van der Waals surface area contributed by atoms with Crippen molar-refractivity contribution < 1.29 is 14.7 Å². The van der Waals surface area contributed by atoms with E-state index in [4.69, 9.17) is 5.11 Å². The lowest BCUT2D eigenvalue weighted by Gasteiger charge is -2.24. The number of hydrogen-bond acceptors (Lipinski definition) is 2. The molecule has 0 aromatic rings. The van der Waals surface area contributed by atoms with Crippen LogP contribution >= 0.6 is 0 Å². The molecule has 1 aliphatic rings. The van der Waals surface area contributed by atoms with Gasteiger partial charge in [0.25, 0.3) is 0 Å². The zero-order valence-electron chi connectivity index (χ0n) is 13.6. The summed E-state index contributed by atoms with van der Waals surface area (Å²) in [5.74, 6) is -0.0501. The van der Waals surface area contributed by atoms with Gasteiger partial charge in [0.2, 0.25) is 5.91 Å². The third-order valence-corrected chi connectivity index (χ3v) is 4.16. The fourth-order valence-electron chi connectivity index (χ4n) is 2.91. The van der Waals surface area contributed by atoms with Crippen LogP contribution in [0.1, 0.15) is 64.2 Å². The zero-order chi connectivity index (χ0) is 16.2. The zero-order valence-corrected chi connectivity index (χ0v) is 13.6. The highest BCUT2D eigenvalue weighted by molar-refractivity contribution is 5.85. The number of carboxylic acid groups (broad SMARTS) is 1. The first-order valence-electron chi connectivity index (χ1n) is 8.54. The monoisotopic (exact) mass is 310 g/mol. The molecule has 0 aliphatic carbocycles. The molecule has 2 N–H and O–H groups in total. The third-order valence-electron chi connectivity index (χ3n) is 4.16. The molecule has 0 saturated carbocycles. The highest BCUT2D eigenvalue weighted by Crippen LogP contribution is 2.14. The van der Waals surface area contributed by atoms with Crippen molar-refractivity contribution in [3.8, 4) is 0 Å². The maximum Gasteiger partial charge on any atom is 0.405 e. The first kappa shape index (κ1) is 18.5. The van der Waals surface area contributed by atoms with Gasteiger partial charge in [-0.25, -0.2) is 4.79 Å². The average molecular weight is 310 g/mol. The lowest BCUT2D eigenvalue weighted by atomic mass is 10.1. The summed E-state index contributed by atoms with van der Waals surface area (Å²) >= 11 is 0. The number of nitrogens with one attached hydrogen (secondary N) is 1. The van der Waals surface area contributed by atoms with E-state index in [9.17, 15) is 9.59 Å². The van der Waals surface area contributed by atoms with Gasteiger partial charge in [0.05, 0.1) is 0 Å². The van der Waals surface area contributed by atoms with Crippen molar-refractivity contribution in [2.75, 3.05) is 13.1 Å². The van der Waals surface area contributed by atoms with E-state index in [0.29, 0.717) is 6.42 Å². The van der Waals surface area contributed by atoms with E-state index in [1.807, 2.05) is 11.0 Å². The van der Waals surface area contributed by atoms with Gasteiger partial charge < -0.3 is 15.3 Å². The maximum atomic E-state index is 12.3. The Morgan fingerprint density at radius 2 is 1.91 bits per heavy atom. The van der Waals surface area contributed by atoms with Crippen molar-refractivity contribution in [1.82, 2.24) is 10.2 Å². The van der Waals surface area contributed by atoms with E-state index >= 15 is 0 Å². The smallest absolute Gasteiger partial charge is 0.405 e. The van der Waals surface area contributed by atoms with Crippen molar-refractivity contribution in [2.24, 2.45) is 0 Å². The molecule has 5 nitrogen and oxygen atoms in total. The summed E-state index contributed by atoms with van der Waals surface area (Å²) in [5.41, 5.74) is 0. The van der Waals surface area contributed by atoms with E-state index in [0.717, 1.165) is 45.2 Å². The lowest BCUT2D eigenvalue weighted by molar-refractivity contribution is -0.132. The number of hydrogen-bond donors (Lipinski definition) is 2. The van der Waals surface area contributed by atoms with Gasteiger partial charge in [-0.05, 0) is 38.5 Å². The predicted octanol–water partition coefficient (Wildman–Crippen LogP) is 3.55. The molecule has 1 fully saturated rings. The lowest BCUT2D eigenvalue weighted by Crippen LogP contribution is -2.47. The normalized spacial score (nSPS) is 18.8. The summed E-state index contributed by atoms with van der Waals surface area (Å²) in [6.07, 6.45) is 11.5. The van der Waals surface area contributed by atoms with Gasteiger partial charge in [-0.1, -0.05) is 31.8 Å². The number of allylic oxidation sites excluding steroid dienone is 1. The number of rotatable bonds is 10. The van der Waals surface area contributed by atoms with Gasteiger partial charge in [-0.3, -0.25) is 4.79 Å². The standard InChI is InChI=1S/C17H30N2O3/c1-2-3-4-5-6-7-8-10-13-19-14-11-9-12-15(16(19)20)18-17(21)22/h2,15,18H,1,3-14H2,(H,21,22)/t15-/m0/s1. The van der Waals surface area contributed by atoms with Gasteiger partial charge in [0, 0.05) is 13.1 Å². The van der Waals surface area contributed by atoms with Crippen LogP contribution in [0, 0.1) is 0 Å². The molecule has 126 valence electrons. The van der Waals surface area contributed by atoms with Gasteiger partial charge >= 0.3 is 6.09 Å². The summed E-state index contributed by atoms with van der Waals surface area (Å²) in [7, 11) is 0. The van der Waals surface area contributed by atoms with Crippen molar-refractivity contribution in [1.29, 1.82) is 0 Å². The molecular weight excluding hydrogens is 280 g/mol. The number of likely N-dealkylation sites (tertiary alicyclic amines) is 1. The van der Waals surface area contributed by atoms with Crippen LogP contribution < -0.4 is 5.32 Å². The molecule has 0 spiro atoms. The van der Waals surface area contributed by atoms with E-state index in [1.165, 1.54) is 25.7 Å². The molecule has 1 rings (SSSR count). The fraction of sp³-hybridized carbons (Fsp3) is 0.765. The Morgan fingerprint density at radius 1 is 1.23 bits per heavy atom. The van der Waals surface area contributed by atoms with E-state index in [2.05, 4.69) is 11.9 Å². The van der Waals surface area contributed by atoms with Crippen LogP contribution in [0.25, 0.3) is 0 Å². The summed E-state index contributed by atoms with van der Waals surface area (Å²) in [4.78, 5) is 24.9. The summed E-state index contributed by atoms with van der Waals surface area (Å²) in [6, 6.07) is -0.557. The third kappa shape index (κ3) is 7.48. The van der Waals surface area contributed by atoms with Gasteiger partial charge in [-0.15, -0.1) is 6.58 Å². The van der Waals surface area contributed by atoms with Crippen LogP contribution in [-0.2, 0) is 4.79 Å². The molecule has 22 heavy (non-hydrogen) atoms.